The van der Waals surface area contributed by atoms with E-state index in [-0.39, 0.29) is 27.5 Å². The first-order valence-electron chi connectivity index (χ1n) is 10.7. The maximum absolute atomic E-state index is 13.5. The first-order chi connectivity index (χ1) is 16.0. The van der Waals surface area contributed by atoms with Crippen LogP contribution in [0.25, 0.3) is 0 Å². The van der Waals surface area contributed by atoms with E-state index in [1.54, 1.807) is 36.3 Å². The first-order valence-corrected chi connectivity index (χ1v) is 12.2. The Labute approximate surface area is 199 Å². The molecule has 2 aromatic rings. The molecule has 34 heavy (non-hydrogen) atoms. The number of nitrogens with zero attached hydrogens (tertiary/aromatic N) is 2. The SMILES string of the molecule is COc1ccc(C2C(C#N)=C(N)N(c3ccc(S(N)(=O)=O)cc3)C3=C2C(=O)CC(C)(C)C3)cc1. The Morgan fingerprint density at radius 2 is 1.71 bits per heavy atom. The number of hydrogen-bond donors (Lipinski definition) is 2. The summed E-state index contributed by atoms with van der Waals surface area (Å²) in [5.74, 6) is 0.223. The highest BCUT2D eigenvalue weighted by atomic mass is 32.2. The molecule has 1 aliphatic heterocycles. The van der Waals surface area contributed by atoms with Gasteiger partial charge >= 0.3 is 0 Å². The zero-order valence-corrected chi connectivity index (χ0v) is 20.0. The van der Waals surface area contributed by atoms with Crippen LogP contribution in [0.15, 0.2) is 76.1 Å². The second kappa shape index (κ2) is 8.31. The van der Waals surface area contributed by atoms with Crippen molar-refractivity contribution in [1.82, 2.24) is 0 Å². The summed E-state index contributed by atoms with van der Waals surface area (Å²) in [7, 11) is -2.30. The zero-order chi connectivity index (χ0) is 24.8. The highest BCUT2D eigenvalue weighted by Gasteiger charge is 2.44. The van der Waals surface area contributed by atoms with E-state index < -0.39 is 15.9 Å². The Hall–Kier alpha value is -3.61. The van der Waals surface area contributed by atoms with E-state index in [1.165, 1.54) is 12.1 Å². The van der Waals surface area contributed by atoms with Gasteiger partial charge in [0, 0.05) is 23.4 Å². The van der Waals surface area contributed by atoms with Gasteiger partial charge in [0.05, 0.1) is 29.6 Å². The van der Waals surface area contributed by atoms with Crippen molar-refractivity contribution >= 4 is 21.5 Å². The van der Waals surface area contributed by atoms with Crippen LogP contribution in [0.3, 0.4) is 0 Å². The summed E-state index contributed by atoms with van der Waals surface area (Å²) in [5, 5.41) is 15.4. The van der Waals surface area contributed by atoms with Crippen LogP contribution < -0.4 is 20.5 Å². The van der Waals surface area contributed by atoms with E-state index in [9.17, 15) is 18.5 Å². The average molecular weight is 479 g/mol. The number of nitrogens with two attached hydrogens (primary N) is 2. The maximum Gasteiger partial charge on any atom is 0.238 e. The smallest absolute Gasteiger partial charge is 0.238 e. The number of carbonyl (C=O) groups excluding carboxylic acids is 1. The van der Waals surface area contributed by atoms with Crippen molar-refractivity contribution in [3.63, 3.8) is 0 Å². The molecule has 0 saturated heterocycles. The van der Waals surface area contributed by atoms with E-state index in [1.807, 2.05) is 26.0 Å². The van der Waals surface area contributed by atoms with Gasteiger partial charge in [-0.1, -0.05) is 26.0 Å². The Morgan fingerprint density at radius 3 is 2.24 bits per heavy atom. The molecular weight excluding hydrogens is 452 g/mol. The highest BCUT2D eigenvalue weighted by molar-refractivity contribution is 7.89. The van der Waals surface area contributed by atoms with Gasteiger partial charge in [0.1, 0.15) is 11.6 Å². The number of carbonyl (C=O) groups is 1. The summed E-state index contributed by atoms with van der Waals surface area (Å²) in [4.78, 5) is 15.2. The molecule has 2 aliphatic rings. The second-order valence-electron chi connectivity index (χ2n) is 9.29. The lowest BCUT2D eigenvalue weighted by Gasteiger charge is -2.43. The van der Waals surface area contributed by atoms with E-state index in [2.05, 4.69) is 6.07 Å². The number of sulfonamides is 1. The van der Waals surface area contributed by atoms with Gasteiger partial charge in [-0.05, 0) is 53.8 Å². The molecule has 0 fully saturated rings. The van der Waals surface area contributed by atoms with Crippen molar-refractivity contribution in [3.05, 3.63) is 76.8 Å². The molecule has 1 heterocycles. The number of allylic oxidation sites excluding steroid dienone is 3. The van der Waals surface area contributed by atoms with Gasteiger partial charge in [-0.25, -0.2) is 13.6 Å². The normalized spacial score (nSPS) is 20.1. The molecular formula is C25H26N4O4S. The number of anilines is 1. The lowest BCUT2D eigenvalue weighted by molar-refractivity contribution is -0.118. The lowest BCUT2D eigenvalue weighted by Crippen LogP contribution is -2.42. The predicted molar refractivity (Wildman–Crippen MR) is 128 cm³/mol. The summed E-state index contributed by atoms with van der Waals surface area (Å²) in [6, 6.07) is 15.4. The van der Waals surface area contributed by atoms with Crippen LogP contribution in [0.1, 0.15) is 38.2 Å². The molecule has 9 heteroatoms. The number of benzene rings is 2. The third-order valence-electron chi connectivity index (χ3n) is 6.25. The summed E-state index contributed by atoms with van der Waals surface area (Å²) in [5.41, 5.74) is 9.08. The summed E-state index contributed by atoms with van der Waals surface area (Å²) in [6.45, 7) is 4.03. The van der Waals surface area contributed by atoms with Gasteiger partial charge in [-0.2, -0.15) is 5.26 Å². The number of ketones is 1. The van der Waals surface area contributed by atoms with Crippen LogP contribution in [-0.4, -0.2) is 21.3 Å². The average Bonchev–Trinajstić information content (AvgIpc) is 2.77. The molecule has 176 valence electrons. The fourth-order valence-electron chi connectivity index (χ4n) is 4.72. The Bertz CT molecular complexity index is 1370. The highest BCUT2D eigenvalue weighted by Crippen LogP contribution is 2.50. The second-order valence-corrected chi connectivity index (χ2v) is 10.9. The summed E-state index contributed by atoms with van der Waals surface area (Å²) < 4.78 is 28.7. The zero-order valence-electron chi connectivity index (χ0n) is 19.2. The Kier molecular flexibility index (Phi) is 5.75. The molecule has 0 spiro atoms. The molecule has 4 N–H and O–H groups in total. The van der Waals surface area contributed by atoms with E-state index in [0.717, 1.165) is 5.56 Å². The van der Waals surface area contributed by atoms with Crippen LogP contribution in [-0.2, 0) is 14.8 Å². The standard InChI is InChI=1S/C25H26N4O4S/c1-25(2)12-20-23(21(30)13-25)22(15-4-8-17(33-3)9-5-15)19(14-26)24(27)29(20)16-6-10-18(11-7-16)34(28,31)32/h4-11,22H,12-13,27H2,1-3H3,(H2,28,31,32). The number of rotatable bonds is 4. The molecule has 0 bridgehead atoms. The first kappa shape index (κ1) is 23.5. The molecule has 2 aromatic carbocycles. The van der Waals surface area contributed by atoms with Crippen LogP contribution >= 0.6 is 0 Å². The van der Waals surface area contributed by atoms with Crippen molar-refractivity contribution in [2.45, 2.75) is 37.5 Å². The molecule has 0 radical (unpaired) electrons. The molecule has 1 aliphatic carbocycles. The fourth-order valence-corrected chi connectivity index (χ4v) is 5.23. The van der Waals surface area contributed by atoms with Gasteiger partial charge in [0.25, 0.3) is 0 Å². The minimum Gasteiger partial charge on any atom is -0.497 e. The van der Waals surface area contributed by atoms with E-state index >= 15 is 0 Å². The van der Waals surface area contributed by atoms with Crippen LogP contribution in [0, 0.1) is 16.7 Å². The summed E-state index contributed by atoms with van der Waals surface area (Å²) >= 11 is 0. The monoisotopic (exact) mass is 478 g/mol. The largest absolute Gasteiger partial charge is 0.497 e. The van der Waals surface area contributed by atoms with Crippen molar-refractivity contribution in [2.24, 2.45) is 16.3 Å². The molecule has 4 rings (SSSR count). The minimum absolute atomic E-state index is 0.0401. The molecule has 1 atom stereocenters. The third-order valence-corrected chi connectivity index (χ3v) is 7.18. The van der Waals surface area contributed by atoms with Crippen molar-refractivity contribution in [2.75, 3.05) is 12.0 Å². The number of ether oxygens (including phenoxy) is 1. The van der Waals surface area contributed by atoms with Crippen molar-refractivity contribution in [3.8, 4) is 11.8 Å². The molecule has 0 aromatic heterocycles. The van der Waals surface area contributed by atoms with Gasteiger partial charge in [-0.15, -0.1) is 0 Å². The van der Waals surface area contributed by atoms with Gasteiger partial charge in [-0.3, -0.25) is 9.69 Å². The number of hydrogen-bond acceptors (Lipinski definition) is 7. The van der Waals surface area contributed by atoms with Gasteiger partial charge in [0.2, 0.25) is 10.0 Å². The van der Waals surface area contributed by atoms with Crippen LogP contribution in [0.4, 0.5) is 5.69 Å². The van der Waals surface area contributed by atoms with Crippen LogP contribution in [0.2, 0.25) is 0 Å². The van der Waals surface area contributed by atoms with E-state index in [0.29, 0.717) is 35.5 Å². The number of Topliss-reactive ketones (excluding diaryl/α,β-unsaturated/α-hetero) is 1. The third kappa shape index (κ3) is 4.06. The lowest BCUT2D eigenvalue weighted by atomic mass is 9.68. The number of primary sulfonamides is 1. The minimum atomic E-state index is -3.87. The maximum atomic E-state index is 13.5. The summed E-state index contributed by atoms with van der Waals surface area (Å²) in [6.07, 6.45) is 0.895. The molecule has 0 amide bonds. The van der Waals surface area contributed by atoms with Gasteiger partial charge < -0.3 is 10.5 Å². The predicted octanol–water partition coefficient (Wildman–Crippen LogP) is 3.28. The van der Waals surface area contributed by atoms with Crippen molar-refractivity contribution < 1.29 is 17.9 Å². The Morgan fingerprint density at radius 1 is 1.09 bits per heavy atom. The Balaban J connectivity index is 1.94. The number of nitriles is 1. The topological polar surface area (TPSA) is 140 Å². The quantitative estimate of drug-likeness (QED) is 0.687. The fraction of sp³-hybridized carbons (Fsp3) is 0.280. The molecule has 1 unspecified atom stereocenters. The van der Waals surface area contributed by atoms with Crippen molar-refractivity contribution in [1.29, 1.82) is 5.26 Å². The molecule has 8 nitrogen and oxygen atoms in total. The number of methoxy groups -OCH3 is 1. The molecule has 0 saturated carbocycles. The van der Waals surface area contributed by atoms with E-state index in [4.69, 9.17) is 15.6 Å². The van der Waals surface area contributed by atoms with Crippen LogP contribution in [0.5, 0.6) is 5.75 Å². The van der Waals surface area contributed by atoms with Gasteiger partial charge in [0.15, 0.2) is 5.78 Å².